The number of aryl methyl sites for hydroxylation is 1. The van der Waals surface area contributed by atoms with Crippen LogP contribution in [0.25, 0.3) is 16.5 Å². The van der Waals surface area contributed by atoms with Crippen molar-refractivity contribution < 1.29 is 4.74 Å². The van der Waals surface area contributed by atoms with Crippen molar-refractivity contribution in [3.8, 4) is 5.75 Å². The first kappa shape index (κ1) is 17.7. The third-order valence-corrected chi connectivity index (χ3v) is 5.22. The number of ether oxygens (including phenoxy) is 1. The van der Waals surface area contributed by atoms with E-state index in [0.717, 1.165) is 62.5 Å². The predicted molar refractivity (Wildman–Crippen MR) is 105 cm³/mol. The molecule has 3 heterocycles. The number of nitrogens with one attached hydrogen (secondary N) is 1. The summed E-state index contributed by atoms with van der Waals surface area (Å²) in [4.78, 5) is 5.77. The standard InChI is InChI=1S/C20H26N6O/c1-3-4-9-26-20(22-23-24-26)14-25-10-7-15(8-11-25)18-13-21-19-6-5-16(27-2)12-17(18)19/h5-7,12-13,21H,3-4,8-11,14H2,1-2H3. The van der Waals surface area contributed by atoms with Crippen molar-refractivity contribution in [2.45, 2.75) is 39.3 Å². The Morgan fingerprint density at radius 1 is 1.30 bits per heavy atom. The number of aromatic amines is 1. The van der Waals surface area contributed by atoms with E-state index in [1.165, 1.54) is 16.5 Å². The molecule has 1 aliphatic heterocycles. The van der Waals surface area contributed by atoms with Crippen LogP contribution in [0.2, 0.25) is 0 Å². The lowest BCUT2D eigenvalue weighted by Gasteiger charge is -2.25. The summed E-state index contributed by atoms with van der Waals surface area (Å²) < 4.78 is 7.33. The Kier molecular flexibility index (Phi) is 5.20. The van der Waals surface area contributed by atoms with Gasteiger partial charge in [-0.05, 0) is 47.0 Å². The maximum absolute atomic E-state index is 5.39. The van der Waals surface area contributed by atoms with Gasteiger partial charge in [-0.2, -0.15) is 0 Å². The van der Waals surface area contributed by atoms with Gasteiger partial charge in [0.2, 0.25) is 0 Å². The molecule has 0 aliphatic carbocycles. The first-order chi connectivity index (χ1) is 13.3. The SMILES string of the molecule is CCCCn1nnnc1CN1CC=C(c2c[nH]c3ccc(OC)cc23)CC1. The number of methoxy groups -OCH3 is 1. The van der Waals surface area contributed by atoms with Crippen LogP contribution in [-0.4, -0.2) is 50.3 Å². The fourth-order valence-electron chi connectivity index (χ4n) is 3.61. The first-order valence-corrected chi connectivity index (χ1v) is 9.60. The summed E-state index contributed by atoms with van der Waals surface area (Å²) in [5.74, 6) is 1.84. The number of aromatic nitrogens is 5. The normalized spacial score (nSPS) is 15.3. The second kappa shape index (κ2) is 7.92. The first-order valence-electron chi connectivity index (χ1n) is 9.60. The molecule has 0 fully saturated rings. The smallest absolute Gasteiger partial charge is 0.165 e. The fraction of sp³-hybridized carbons (Fsp3) is 0.450. The minimum Gasteiger partial charge on any atom is -0.497 e. The molecule has 0 radical (unpaired) electrons. The molecule has 0 unspecified atom stereocenters. The molecule has 0 saturated heterocycles. The highest BCUT2D eigenvalue weighted by Crippen LogP contribution is 2.31. The Balaban J connectivity index is 1.47. The molecule has 7 heteroatoms. The Morgan fingerprint density at radius 2 is 2.22 bits per heavy atom. The summed E-state index contributed by atoms with van der Waals surface area (Å²) in [5.41, 5.74) is 3.80. The molecule has 1 aliphatic rings. The van der Waals surface area contributed by atoms with Crippen molar-refractivity contribution >= 4 is 16.5 Å². The predicted octanol–water partition coefficient (Wildman–Crippen LogP) is 3.25. The highest BCUT2D eigenvalue weighted by Gasteiger charge is 2.18. The van der Waals surface area contributed by atoms with Gasteiger partial charge in [0.15, 0.2) is 5.82 Å². The van der Waals surface area contributed by atoms with Gasteiger partial charge < -0.3 is 9.72 Å². The molecule has 0 bridgehead atoms. The van der Waals surface area contributed by atoms with Crippen molar-refractivity contribution in [3.05, 3.63) is 41.9 Å². The van der Waals surface area contributed by atoms with Crippen LogP contribution >= 0.6 is 0 Å². The van der Waals surface area contributed by atoms with Crippen molar-refractivity contribution in [2.75, 3.05) is 20.2 Å². The minimum atomic E-state index is 0.794. The van der Waals surface area contributed by atoms with Crippen LogP contribution in [-0.2, 0) is 13.1 Å². The summed E-state index contributed by atoms with van der Waals surface area (Å²) in [5, 5.41) is 13.4. The molecular formula is C20H26N6O. The molecule has 1 N–H and O–H groups in total. The van der Waals surface area contributed by atoms with E-state index in [-0.39, 0.29) is 0 Å². The van der Waals surface area contributed by atoms with Crippen LogP contribution in [0.1, 0.15) is 37.6 Å². The molecule has 0 atom stereocenters. The van der Waals surface area contributed by atoms with Crippen LogP contribution in [0, 0.1) is 0 Å². The van der Waals surface area contributed by atoms with E-state index in [1.807, 2.05) is 10.7 Å². The van der Waals surface area contributed by atoms with Crippen LogP contribution in [0.4, 0.5) is 0 Å². The second-order valence-electron chi connectivity index (χ2n) is 7.00. The largest absolute Gasteiger partial charge is 0.497 e. The molecule has 142 valence electrons. The number of hydrogen-bond donors (Lipinski definition) is 1. The number of unbranched alkanes of at least 4 members (excludes halogenated alkanes) is 1. The summed E-state index contributed by atoms with van der Waals surface area (Å²) in [6, 6.07) is 6.17. The van der Waals surface area contributed by atoms with Gasteiger partial charge in [-0.25, -0.2) is 4.68 Å². The Morgan fingerprint density at radius 3 is 3.00 bits per heavy atom. The number of fused-ring (bicyclic) bond motifs is 1. The lowest BCUT2D eigenvalue weighted by atomic mass is 9.99. The van der Waals surface area contributed by atoms with Gasteiger partial charge in [0, 0.05) is 42.3 Å². The average molecular weight is 366 g/mol. The number of rotatable bonds is 7. The zero-order chi connectivity index (χ0) is 18.6. The molecule has 3 aromatic rings. The Bertz CT molecular complexity index is 941. The zero-order valence-corrected chi connectivity index (χ0v) is 16.0. The monoisotopic (exact) mass is 366 g/mol. The molecule has 0 amide bonds. The summed E-state index contributed by atoms with van der Waals surface area (Å²) in [7, 11) is 1.71. The molecule has 7 nitrogen and oxygen atoms in total. The van der Waals surface area contributed by atoms with Crippen LogP contribution < -0.4 is 4.74 Å². The quantitative estimate of drug-likeness (QED) is 0.695. The van der Waals surface area contributed by atoms with Gasteiger partial charge in [0.1, 0.15) is 5.75 Å². The maximum Gasteiger partial charge on any atom is 0.165 e. The highest BCUT2D eigenvalue weighted by atomic mass is 16.5. The number of nitrogens with zero attached hydrogens (tertiary/aromatic N) is 5. The molecule has 4 rings (SSSR count). The topological polar surface area (TPSA) is 71.9 Å². The molecule has 0 spiro atoms. The number of tetrazole rings is 1. The summed E-state index contributed by atoms with van der Waals surface area (Å²) >= 11 is 0. The second-order valence-corrected chi connectivity index (χ2v) is 7.00. The summed E-state index contributed by atoms with van der Waals surface area (Å²) in [6.07, 6.45) is 7.69. The molecular weight excluding hydrogens is 340 g/mol. The number of H-pyrrole nitrogens is 1. The van der Waals surface area contributed by atoms with Crippen molar-refractivity contribution in [1.82, 2.24) is 30.1 Å². The van der Waals surface area contributed by atoms with E-state index in [0.29, 0.717) is 0 Å². The lowest BCUT2D eigenvalue weighted by Crippen LogP contribution is -2.29. The Labute approximate surface area is 159 Å². The van der Waals surface area contributed by atoms with E-state index in [2.05, 4.69) is 56.7 Å². The number of benzene rings is 1. The molecule has 1 aromatic carbocycles. The van der Waals surface area contributed by atoms with Gasteiger partial charge in [0.05, 0.1) is 13.7 Å². The van der Waals surface area contributed by atoms with Gasteiger partial charge in [-0.3, -0.25) is 4.90 Å². The van der Waals surface area contributed by atoms with Crippen LogP contribution in [0.5, 0.6) is 5.75 Å². The Hall–Kier alpha value is -2.67. The van der Waals surface area contributed by atoms with Gasteiger partial charge in [-0.1, -0.05) is 19.4 Å². The van der Waals surface area contributed by atoms with E-state index in [4.69, 9.17) is 4.74 Å². The van der Waals surface area contributed by atoms with Gasteiger partial charge in [0.25, 0.3) is 0 Å². The molecule has 0 saturated carbocycles. The van der Waals surface area contributed by atoms with E-state index < -0.39 is 0 Å². The van der Waals surface area contributed by atoms with E-state index in [9.17, 15) is 0 Å². The molecule has 2 aromatic heterocycles. The van der Waals surface area contributed by atoms with Gasteiger partial charge in [-0.15, -0.1) is 5.10 Å². The zero-order valence-electron chi connectivity index (χ0n) is 16.0. The van der Waals surface area contributed by atoms with Crippen molar-refractivity contribution in [3.63, 3.8) is 0 Å². The van der Waals surface area contributed by atoms with Crippen LogP contribution in [0.3, 0.4) is 0 Å². The van der Waals surface area contributed by atoms with Crippen molar-refractivity contribution in [1.29, 1.82) is 0 Å². The summed E-state index contributed by atoms with van der Waals surface area (Å²) in [6.45, 7) is 5.78. The fourth-order valence-corrected chi connectivity index (χ4v) is 3.61. The van der Waals surface area contributed by atoms with E-state index >= 15 is 0 Å². The van der Waals surface area contributed by atoms with Crippen molar-refractivity contribution in [2.24, 2.45) is 0 Å². The van der Waals surface area contributed by atoms with Crippen LogP contribution in [0.15, 0.2) is 30.5 Å². The third-order valence-electron chi connectivity index (χ3n) is 5.22. The molecule has 27 heavy (non-hydrogen) atoms. The minimum absolute atomic E-state index is 0.794. The maximum atomic E-state index is 5.39. The average Bonchev–Trinajstić information content (AvgIpc) is 3.33. The lowest BCUT2D eigenvalue weighted by molar-refractivity contribution is 0.279. The van der Waals surface area contributed by atoms with E-state index in [1.54, 1.807) is 7.11 Å². The van der Waals surface area contributed by atoms with Gasteiger partial charge >= 0.3 is 0 Å². The highest BCUT2D eigenvalue weighted by molar-refractivity contribution is 5.93. The third kappa shape index (κ3) is 3.73. The number of hydrogen-bond acceptors (Lipinski definition) is 5.